The van der Waals surface area contributed by atoms with E-state index in [1.807, 2.05) is 0 Å². The molecule has 3 aromatic rings. The highest BCUT2D eigenvalue weighted by Crippen LogP contribution is 2.47. The molecule has 0 spiro atoms. The van der Waals surface area contributed by atoms with Crippen molar-refractivity contribution in [1.29, 1.82) is 0 Å². The molecule has 6 rings (SSSR count). The summed E-state index contributed by atoms with van der Waals surface area (Å²) < 4.78 is 79.6. The molecule has 3 heterocycles. The zero-order valence-corrected chi connectivity index (χ0v) is 21.3. The second-order valence-electron chi connectivity index (χ2n) is 10.7. The Balaban J connectivity index is 1.22. The molecule has 2 saturated heterocycles. The topological polar surface area (TPSA) is 74.8 Å². The van der Waals surface area contributed by atoms with E-state index in [2.05, 4.69) is 9.72 Å². The third-order valence-electron chi connectivity index (χ3n) is 8.09. The fraction of sp³-hybridized carbons (Fsp3) is 0.414. The summed E-state index contributed by atoms with van der Waals surface area (Å²) in [4.78, 5) is 16.2. The molecule has 3 aliphatic rings. The van der Waals surface area contributed by atoms with Crippen molar-refractivity contribution in [3.05, 3.63) is 71.1 Å². The van der Waals surface area contributed by atoms with Gasteiger partial charge in [-0.05, 0) is 62.6 Å². The first kappa shape index (κ1) is 26.6. The number of aromatic nitrogens is 1. The lowest BCUT2D eigenvalue weighted by atomic mass is 9.97. The van der Waals surface area contributed by atoms with Crippen LogP contribution in [0.2, 0.25) is 0 Å². The summed E-state index contributed by atoms with van der Waals surface area (Å²) in [7, 11) is 0. The molecule has 11 heteroatoms. The summed E-state index contributed by atoms with van der Waals surface area (Å²) in [5, 5.41) is 9.12. The zero-order chi connectivity index (χ0) is 28.2. The van der Waals surface area contributed by atoms with Gasteiger partial charge in [0.2, 0.25) is 0 Å². The van der Waals surface area contributed by atoms with Crippen LogP contribution in [0.5, 0.6) is 5.75 Å². The number of carboxylic acids is 1. The van der Waals surface area contributed by atoms with Crippen LogP contribution in [0.15, 0.2) is 42.6 Å². The number of alkyl halides is 3. The van der Waals surface area contributed by atoms with Gasteiger partial charge < -0.3 is 24.5 Å². The molecule has 1 saturated carbocycles. The second kappa shape index (κ2) is 10.1. The lowest BCUT2D eigenvalue weighted by Crippen LogP contribution is -2.46. The van der Waals surface area contributed by atoms with E-state index in [1.54, 1.807) is 23.2 Å². The summed E-state index contributed by atoms with van der Waals surface area (Å²) >= 11 is 0. The maximum atomic E-state index is 14.9. The normalized spacial score (nSPS) is 22.5. The van der Waals surface area contributed by atoms with Crippen molar-refractivity contribution in [1.82, 2.24) is 4.98 Å². The van der Waals surface area contributed by atoms with E-state index in [9.17, 15) is 26.7 Å². The summed E-state index contributed by atoms with van der Waals surface area (Å²) in [6.45, 7) is 0.172. The van der Waals surface area contributed by atoms with Crippen molar-refractivity contribution in [2.24, 2.45) is 0 Å². The summed E-state index contributed by atoms with van der Waals surface area (Å²) in [6, 6.07) is 7.33. The van der Waals surface area contributed by atoms with Crippen LogP contribution in [-0.4, -0.2) is 40.6 Å². The van der Waals surface area contributed by atoms with E-state index in [0.717, 1.165) is 49.1 Å². The van der Waals surface area contributed by atoms with Gasteiger partial charge in [-0.15, -0.1) is 13.2 Å². The highest BCUT2D eigenvalue weighted by Gasteiger charge is 2.43. The first-order chi connectivity index (χ1) is 19.1. The maximum Gasteiger partial charge on any atom is 0.573 e. The zero-order valence-electron chi connectivity index (χ0n) is 21.3. The van der Waals surface area contributed by atoms with Gasteiger partial charge in [-0.3, -0.25) is 0 Å². The lowest BCUT2D eigenvalue weighted by Gasteiger charge is -2.40. The molecule has 2 unspecified atom stereocenters. The van der Waals surface area contributed by atoms with Crippen LogP contribution in [0.4, 0.5) is 27.6 Å². The van der Waals surface area contributed by atoms with E-state index in [1.165, 1.54) is 12.1 Å². The van der Waals surface area contributed by atoms with Crippen LogP contribution in [0, 0.1) is 11.6 Å². The van der Waals surface area contributed by atoms with E-state index < -0.39 is 29.5 Å². The minimum Gasteiger partial charge on any atom is -0.478 e. The van der Waals surface area contributed by atoms with Crippen molar-refractivity contribution < 1.29 is 41.3 Å². The number of aromatic carboxylic acids is 1. The Morgan fingerprint density at radius 3 is 2.25 bits per heavy atom. The average molecular weight is 563 g/mol. The van der Waals surface area contributed by atoms with E-state index >= 15 is 0 Å². The van der Waals surface area contributed by atoms with Crippen LogP contribution in [-0.2, 0) is 11.3 Å². The number of anilines is 1. The number of hydrogen-bond donors (Lipinski definition) is 2. The van der Waals surface area contributed by atoms with Crippen LogP contribution in [0.3, 0.4) is 0 Å². The number of H-pyrrole nitrogens is 1. The van der Waals surface area contributed by atoms with Crippen LogP contribution >= 0.6 is 0 Å². The van der Waals surface area contributed by atoms with Gasteiger partial charge in [-0.1, -0.05) is 18.2 Å². The fourth-order valence-corrected chi connectivity index (χ4v) is 6.27. The number of carbonyl (C=O) groups is 1. The highest BCUT2D eigenvalue weighted by molar-refractivity contribution is 5.88. The number of carboxylic acid groups (broad SMARTS) is 1. The molecule has 212 valence electrons. The van der Waals surface area contributed by atoms with Gasteiger partial charge >= 0.3 is 12.3 Å². The minimum absolute atomic E-state index is 0.172. The number of hydrogen-bond acceptors (Lipinski definition) is 4. The van der Waals surface area contributed by atoms with Crippen molar-refractivity contribution in [2.75, 3.05) is 4.90 Å². The fourth-order valence-electron chi connectivity index (χ4n) is 6.27. The standard InChI is InChI=1S/C29H27F5N2O4/c30-23-9-16(28(37)38)10-24(31)27(23)36-17-7-8-18(36)12-19(11-17)39-14-22-21(13-35-26(22)15-5-6-15)20-3-1-2-4-25(20)40-29(32,33)34/h1-4,9-10,13,15,17-19,35H,5-8,11-12,14H2,(H,37,38). The van der Waals surface area contributed by atoms with Gasteiger partial charge in [-0.2, -0.15) is 0 Å². The molecule has 6 nitrogen and oxygen atoms in total. The average Bonchev–Trinajstić information content (AvgIpc) is 3.59. The van der Waals surface area contributed by atoms with Crippen molar-refractivity contribution >= 4 is 11.7 Å². The third-order valence-corrected chi connectivity index (χ3v) is 8.09. The van der Waals surface area contributed by atoms with Crippen molar-refractivity contribution in [2.45, 2.75) is 75.6 Å². The van der Waals surface area contributed by atoms with Crippen molar-refractivity contribution in [3.63, 3.8) is 0 Å². The Hall–Kier alpha value is -3.60. The predicted molar refractivity (Wildman–Crippen MR) is 135 cm³/mol. The number of nitrogens with zero attached hydrogens (tertiary/aromatic N) is 1. The Kier molecular flexibility index (Phi) is 6.72. The Morgan fingerprint density at radius 2 is 1.65 bits per heavy atom. The molecule has 1 aliphatic carbocycles. The monoisotopic (exact) mass is 562 g/mol. The summed E-state index contributed by atoms with van der Waals surface area (Å²) in [5.74, 6) is -3.21. The molecule has 2 aliphatic heterocycles. The molecule has 40 heavy (non-hydrogen) atoms. The van der Waals surface area contributed by atoms with Crippen LogP contribution in [0.1, 0.15) is 66.1 Å². The van der Waals surface area contributed by atoms with Gasteiger partial charge in [0.15, 0.2) is 0 Å². The minimum atomic E-state index is -4.83. The Labute approximate surface area is 226 Å². The molecule has 2 atom stereocenters. The Morgan fingerprint density at radius 1 is 1.00 bits per heavy atom. The molecular formula is C29H27F5N2O4. The number of halogens is 5. The third kappa shape index (κ3) is 5.14. The molecule has 3 fully saturated rings. The molecule has 0 radical (unpaired) electrons. The smallest absolute Gasteiger partial charge is 0.478 e. The molecule has 0 amide bonds. The molecule has 1 aromatic heterocycles. The first-order valence-electron chi connectivity index (χ1n) is 13.3. The number of para-hydroxylation sites is 1. The summed E-state index contributed by atoms with van der Waals surface area (Å²) in [6.07, 6.45) is 1.08. The quantitative estimate of drug-likeness (QED) is 0.285. The number of aromatic amines is 1. The maximum absolute atomic E-state index is 14.9. The van der Waals surface area contributed by atoms with Crippen LogP contribution in [0.25, 0.3) is 11.1 Å². The number of benzene rings is 2. The predicted octanol–water partition coefficient (Wildman–Crippen LogP) is 7.15. The number of nitrogens with one attached hydrogen (secondary N) is 1. The molecule has 2 aromatic carbocycles. The number of ether oxygens (including phenoxy) is 2. The van der Waals surface area contributed by atoms with Gasteiger partial charge in [0.05, 0.1) is 18.3 Å². The SMILES string of the molecule is O=C(O)c1cc(F)c(N2C3CCC2CC(OCc2c(-c4ccccc4OC(F)(F)F)c[nH]c2C2CC2)C3)c(F)c1. The summed E-state index contributed by atoms with van der Waals surface area (Å²) in [5.41, 5.74) is 1.98. The number of piperidine rings is 1. The van der Waals surface area contributed by atoms with Gasteiger partial charge in [0.1, 0.15) is 23.1 Å². The molecular weight excluding hydrogens is 535 g/mol. The van der Waals surface area contributed by atoms with E-state index in [0.29, 0.717) is 29.9 Å². The van der Waals surface area contributed by atoms with Crippen molar-refractivity contribution in [3.8, 4) is 16.9 Å². The number of rotatable bonds is 8. The highest BCUT2D eigenvalue weighted by atomic mass is 19.4. The molecule has 2 bridgehead atoms. The lowest BCUT2D eigenvalue weighted by molar-refractivity contribution is -0.274. The first-order valence-corrected chi connectivity index (χ1v) is 13.3. The van der Waals surface area contributed by atoms with Crippen LogP contribution < -0.4 is 9.64 Å². The second-order valence-corrected chi connectivity index (χ2v) is 10.7. The van der Waals surface area contributed by atoms with Gasteiger partial charge in [0.25, 0.3) is 0 Å². The van der Waals surface area contributed by atoms with E-state index in [4.69, 9.17) is 9.84 Å². The molecule has 2 N–H and O–H groups in total. The van der Waals surface area contributed by atoms with E-state index in [-0.39, 0.29) is 36.2 Å². The van der Waals surface area contributed by atoms with Gasteiger partial charge in [0, 0.05) is 40.7 Å². The van der Waals surface area contributed by atoms with Gasteiger partial charge in [-0.25, -0.2) is 13.6 Å². The largest absolute Gasteiger partial charge is 0.573 e. The number of fused-ring (bicyclic) bond motifs is 2. The Bertz CT molecular complexity index is 1400.